The van der Waals surface area contributed by atoms with Crippen molar-refractivity contribution in [1.29, 1.82) is 0 Å². The lowest BCUT2D eigenvalue weighted by atomic mass is 10.4. The van der Waals surface area contributed by atoms with Crippen LogP contribution in [0.1, 0.15) is 13.3 Å². The molecular weight excluding hydrogens is 280 g/mol. The minimum atomic E-state index is -1.03. The number of aliphatic carboxylic acids is 1. The molecule has 0 bridgehead atoms. The number of hydrogen-bond donors (Lipinski definition) is 2. The van der Waals surface area contributed by atoms with Crippen LogP contribution in [0.3, 0.4) is 0 Å². The van der Waals surface area contributed by atoms with E-state index >= 15 is 0 Å². The van der Waals surface area contributed by atoms with E-state index in [1.807, 2.05) is 0 Å². The van der Waals surface area contributed by atoms with Crippen molar-refractivity contribution in [3.8, 4) is 0 Å². The number of carbonyl (C=O) groups excluding carboxylic acids is 2. The minimum absolute atomic E-state index is 0.107. The van der Waals surface area contributed by atoms with Crippen LogP contribution in [-0.2, 0) is 20.9 Å². The maximum Gasteiger partial charge on any atom is 0.325 e. The summed E-state index contributed by atoms with van der Waals surface area (Å²) >= 11 is 0. The smallest absolute Gasteiger partial charge is 0.325 e. The zero-order valence-corrected chi connectivity index (χ0v) is 11.9. The predicted octanol–water partition coefficient (Wildman–Crippen LogP) is 0.385. The van der Waals surface area contributed by atoms with E-state index in [1.54, 1.807) is 6.92 Å². The third kappa shape index (κ3) is 5.93. The second-order valence-electron chi connectivity index (χ2n) is 4.23. The van der Waals surface area contributed by atoms with Crippen LogP contribution in [0.15, 0.2) is 12.4 Å². The Morgan fingerprint density at radius 3 is 2.81 bits per heavy atom. The van der Waals surface area contributed by atoms with E-state index in [2.05, 4.69) is 10.4 Å². The molecule has 21 heavy (non-hydrogen) atoms. The summed E-state index contributed by atoms with van der Waals surface area (Å²) in [6.07, 6.45) is 2.86. The predicted molar refractivity (Wildman–Crippen MR) is 72.8 cm³/mol. The second kappa shape index (κ2) is 7.88. The summed E-state index contributed by atoms with van der Waals surface area (Å²) in [5, 5.41) is 15.0. The van der Waals surface area contributed by atoms with Gasteiger partial charge in [-0.2, -0.15) is 5.10 Å². The number of amides is 2. The highest BCUT2D eigenvalue weighted by Crippen LogP contribution is 2.06. The number of carboxylic acids is 1. The van der Waals surface area contributed by atoms with Crippen LogP contribution in [0.4, 0.5) is 10.5 Å². The lowest BCUT2D eigenvalue weighted by Crippen LogP contribution is -2.33. The van der Waals surface area contributed by atoms with Gasteiger partial charge in [-0.15, -0.1) is 0 Å². The van der Waals surface area contributed by atoms with Crippen molar-refractivity contribution in [1.82, 2.24) is 14.7 Å². The molecule has 0 saturated carbocycles. The van der Waals surface area contributed by atoms with Gasteiger partial charge in [0, 0.05) is 19.8 Å². The van der Waals surface area contributed by atoms with Crippen LogP contribution >= 0.6 is 0 Å². The Bertz CT molecular complexity index is 514. The van der Waals surface area contributed by atoms with Gasteiger partial charge in [0.1, 0.15) is 6.54 Å². The molecule has 2 amide bonds. The van der Waals surface area contributed by atoms with Gasteiger partial charge in [0.2, 0.25) is 0 Å². The van der Waals surface area contributed by atoms with E-state index in [4.69, 9.17) is 9.84 Å². The molecular formula is C12H18N4O5. The van der Waals surface area contributed by atoms with Crippen molar-refractivity contribution in [2.75, 3.05) is 25.5 Å². The number of ether oxygens (including phenoxy) is 1. The molecule has 9 heteroatoms. The molecule has 0 aromatic carbocycles. The van der Waals surface area contributed by atoms with Crippen molar-refractivity contribution in [2.24, 2.45) is 0 Å². The van der Waals surface area contributed by atoms with Gasteiger partial charge in [-0.1, -0.05) is 0 Å². The first-order chi connectivity index (χ1) is 9.92. The second-order valence-corrected chi connectivity index (χ2v) is 4.23. The summed E-state index contributed by atoms with van der Waals surface area (Å²) in [7, 11) is 1.54. The van der Waals surface area contributed by atoms with Gasteiger partial charge in [-0.05, 0) is 6.92 Å². The lowest BCUT2D eigenvalue weighted by Gasteiger charge is -2.16. The van der Waals surface area contributed by atoms with Gasteiger partial charge in [0.15, 0.2) is 0 Å². The molecule has 0 atom stereocenters. The average molecular weight is 298 g/mol. The van der Waals surface area contributed by atoms with Gasteiger partial charge in [-0.3, -0.25) is 14.3 Å². The molecule has 0 radical (unpaired) electrons. The number of nitrogens with zero attached hydrogens (tertiary/aromatic N) is 3. The van der Waals surface area contributed by atoms with Gasteiger partial charge >= 0.3 is 18.0 Å². The largest absolute Gasteiger partial charge is 0.480 e. The zero-order chi connectivity index (χ0) is 15.8. The highest BCUT2D eigenvalue weighted by molar-refractivity contribution is 5.89. The maximum atomic E-state index is 11.8. The summed E-state index contributed by atoms with van der Waals surface area (Å²) in [5.74, 6) is -1.39. The highest BCUT2D eigenvalue weighted by Gasteiger charge is 2.12. The van der Waals surface area contributed by atoms with Crippen molar-refractivity contribution in [3.63, 3.8) is 0 Å². The Kier molecular flexibility index (Phi) is 6.18. The average Bonchev–Trinajstić information content (AvgIpc) is 2.82. The monoisotopic (exact) mass is 298 g/mol. The van der Waals surface area contributed by atoms with Crippen LogP contribution in [0.25, 0.3) is 0 Å². The molecule has 0 spiro atoms. The van der Waals surface area contributed by atoms with E-state index in [0.717, 1.165) is 0 Å². The molecule has 0 fully saturated rings. The number of carboxylic acid groups (broad SMARTS) is 1. The molecule has 1 aromatic heterocycles. The first kappa shape index (κ1) is 16.5. The van der Waals surface area contributed by atoms with Crippen molar-refractivity contribution in [3.05, 3.63) is 12.4 Å². The number of hydrogen-bond acceptors (Lipinski definition) is 5. The Labute approximate surface area is 121 Å². The van der Waals surface area contributed by atoms with Crippen LogP contribution in [0.5, 0.6) is 0 Å². The Balaban J connectivity index is 2.43. The number of nitrogens with one attached hydrogen (secondary N) is 1. The van der Waals surface area contributed by atoms with Gasteiger partial charge in [0.25, 0.3) is 0 Å². The third-order valence-electron chi connectivity index (χ3n) is 2.49. The van der Waals surface area contributed by atoms with Gasteiger partial charge < -0.3 is 20.1 Å². The van der Waals surface area contributed by atoms with E-state index in [-0.39, 0.29) is 25.5 Å². The molecule has 1 aromatic rings. The number of anilines is 1. The number of rotatable bonds is 7. The topological polar surface area (TPSA) is 114 Å². The van der Waals surface area contributed by atoms with Crippen LogP contribution < -0.4 is 5.32 Å². The molecule has 1 heterocycles. The molecule has 1 rings (SSSR count). The molecule has 0 saturated heterocycles. The summed E-state index contributed by atoms with van der Waals surface area (Å²) in [5.41, 5.74) is 0.379. The Hall–Kier alpha value is -2.58. The van der Waals surface area contributed by atoms with E-state index in [0.29, 0.717) is 12.3 Å². The van der Waals surface area contributed by atoms with Gasteiger partial charge in [0.05, 0.1) is 24.9 Å². The third-order valence-corrected chi connectivity index (χ3v) is 2.49. The quantitative estimate of drug-likeness (QED) is 0.704. The first-order valence-corrected chi connectivity index (χ1v) is 6.34. The molecule has 0 unspecified atom stereocenters. The number of carbonyl (C=O) groups is 3. The summed E-state index contributed by atoms with van der Waals surface area (Å²) < 4.78 is 5.96. The number of urea groups is 1. The molecule has 0 aliphatic carbocycles. The maximum absolute atomic E-state index is 11.8. The minimum Gasteiger partial charge on any atom is -0.480 e. The molecule has 116 valence electrons. The fourth-order valence-corrected chi connectivity index (χ4v) is 1.47. The lowest BCUT2D eigenvalue weighted by molar-refractivity contribution is -0.143. The van der Waals surface area contributed by atoms with E-state index < -0.39 is 12.0 Å². The molecule has 2 N–H and O–H groups in total. The standard InChI is InChI=1S/C12H18N4O5/c1-3-21-11(19)4-5-15(2)12(20)14-9-6-13-16(7-9)8-10(17)18/h6-7H,3-5,8H2,1-2H3,(H,14,20)(H,17,18). The fraction of sp³-hybridized carbons (Fsp3) is 0.500. The van der Waals surface area contributed by atoms with Crippen molar-refractivity contribution < 1.29 is 24.2 Å². The molecule has 0 aliphatic heterocycles. The summed E-state index contributed by atoms with van der Waals surface area (Å²) in [6, 6.07) is -0.422. The summed E-state index contributed by atoms with van der Waals surface area (Å²) in [4.78, 5) is 34.8. The highest BCUT2D eigenvalue weighted by atomic mass is 16.5. The van der Waals surface area contributed by atoms with E-state index in [1.165, 1.54) is 29.0 Å². The van der Waals surface area contributed by atoms with Crippen molar-refractivity contribution in [2.45, 2.75) is 19.9 Å². The number of aromatic nitrogens is 2. The van der Waals surface area contributed by atoms with Crippen molar-refractivity contribution >= 4 is 23.7 Å². The number of esters is 1. The Morgan fingerprint density at radius 1 is 1.48 bits per heavy atom. The van der Waals surface area contributed by atoms with Crippen LogP contribution in [0, 0.1) is 0 Å². The Morgan fingerprint density at radius 2 is 2.19 bits per heavy atom. The fourth-order valence-electron chi connectivity index (χ4n) is 1.47. The molecule has 0 aliphatic rings. The van der Waals surface area contributed by atoms with Gasteiger partial charge in [-0.25, -0.2) is 4.79 Å². The molecule has 9 nitrogen and oxygen atoms in total. The summed E-state index contributed by atoms with van der Waals surface area (Å²) in [6.45, 7) is 1.95. The normalized spacial score (nSPS) is 10.0. The SMILES string of the molecule is CCOC(=O)CCN(C)C(=O)Nc1cnn(CC(=O)O)c1. The van der Waals surface area contributed by atoms with E-state index in [9.17, 15) is 14.4 Å². The first-order valence-electron chi connectivity index (χ1n) is 6.34. The zero-order valence-electron chi connectivity index (χ0n) is 11.9. The van der Waals surface area contributed by atoms with Crippen LogP contribution in [-0.4, -0.2) is 58.0 Å². The van der Waals surface area contributed by atoms with Crippen LogP contribution in [0.2, 0.25) is 0 Å².